The molecule has 0 bridgehead atoms. The zero-order valence-electron chi connectivity index (χ0n) is 13.8. The van der Waals surface area contributed by atoms with Crippen LogP contribution in [0.1, 0.15) is 15.9 Å². The lowest BCUT2D eigenvalue weighted by Crippen LogP contribution is -2.11. The summed E-state index contributed by atoms with van der Waals surface area (Å²) in [6.07, 6.45) is 0. The maximum atomic E-state index is 14.6. The highest BCUT2D eigenvalue weighted by Gasteiger charge is 2.20. The zero-order chi connectivity index (χ0) is 19.3. The predicted octanol–water partition coefficient (Wildman–Crippen LogP) is 4.50. The molecule has 0 aliphatic carbocycles. The van der Waals surface area contributed by atoms with Gasteiger partial charge in [0, 0.05) is 28.0 Å². The molecule has 0 aliphatic heterocycles. The first kappa shape index (κ1) is 17.1. The molecule has 0 saturated heterocycles. The van der Waals surface area contributed by atoms with Gasteiger partial charge in [-0.2, -0.15) is 0 Å². The van der Waals surface area contributed by atoms with Crippen molar-refractivity contribution >= 4 is 27.7 Å². The molecule has 0 spiro atoms. The van der Waals surface area contributed by atoms with Gasteiger partial charge in [-0.1, -0.05) is 18.2 Å². The fraction of sp³-hybridized carbons (Fsp3) is 0.0500. The summed E-state index contributed by atoms with van der Waals surface area (Å²) in [5, 5.41) is 0.838. The number of benzene rings is 3. The van der Waals surface area contributed by atoms with Gasteiger partial charge >= 0.3 is 0 Å². The number of carbonyl (C=O) groups is 1. The number of nitrogens with two attached hydrogens (primary N) is 1. The van der Waals surface area contributed by atoms with Crippen molar-refractivity contribution in [2.75, 3.05) is 0 Å². The molecular formula is C20H12F4N2O. The van der Waals surface area contributed by atoms with Crippen LogP contribution in [0.2, 0.25) is 0 Å². The summed E-state index contributed by atoms with van der Waals surface area (Å²) in [4.78, 5) is 11.8. The summed E-state index contributed by atoms with van der Waals surface area (Å²) in [7, 11) is 0. The number of halogens is 4. The van der Waals surface area contributed by atoms with E-state index < -0.39 is 29.2 Å². The quantitative estimate of drug-likeness (QED) is 0.418. The van der Waals surface area contributed by atoms with Gasteiger partial charge in [-0.05, 0) is 24.3 Å². The number of amides is 1. The van der Waals surface area contributed by atoms with Gasteiger partial charge in [-0.15, -0.1) is 0 Å². The van der Waals surface area contributed by atoms with Crippen LogP contribution in [-0.4, -0.2) is 10.5 Å². The maximum Gasteiger partial charge on any atom is 0.249 e. The highest BCUT2D eigenvalue weighted by molar-refractivity contribution is 6.17. The normalized spacial score (nSPS) is 11.4. The van der Waals surface area contributed by atoms with Crippen LogP contribution in [0.5, 0.6) is 0 Å². The minimum atomic E-state index is -1.30. The molecule has 0 unspecified atom stereocenters. The molecule has 1 amide bonds. The Hall–Kier alpha value is -3.35. The molecule has 2 N–H and O–H groups in total. The standard InChI is InChI=1S/C20H12F4N2O/c21-13-5-1-3-11-18-12(20(25)27)4-2-6-17(18)26(19(11)13)9-10-7-15(23)16(24)8-14(10)22/h1-8H,9H2,(H2,25,27). The first-order chi connectivity index (χ1) is 12.9. The van der Waals surface area contributed by atoms with E-state index in [1.54, 1.807) is 18.2 Å². The van der Waals surface area contributed by atoms with Crippen molar-refractivity contribution in [3.8, 4) is 0 Å². The number of carbonyl (C=O) groups excluding carboxylic acids is 1. The monoisotopic (exact) mass is 372 g/mol. The second-order valence-electron chi connectivity index (χ2n) is 6.14. The Kier molecular flexibility index (Phi) is 3.87. The maximum absolute atomic E-state index is 14.6. The molecule has 3 nitrogen and oxygen atoms in total. The molecule has 0 radical (unpaired) electrons. The van der Waals surface area contributed by atoms with Gasteiger partial charge in [0.15, 0.2) is 11.6 Å². The van der Waals surface area contributed by atoms with E-state index in [9.17, 15) is 22.4 Å². The Balaban J connectivity index is 2.07. The van der Waals surface area contributed by atoms with Crippen molar-refractivity contribution in [2.45, 2.75) is 6.54 Å². The second kappa shape index (κ2) is 6.12. The zero-order valence-corrected chi connectivity index (χ0v) is 13.8. The lowest BCUT2D eigenvalue weighted by Gasteiger charge is -2.10. The smallest absolute Gasteiger partial charge is 0.249 e. The summed E-state index contributed by atoms with van der Waals surface area (Å²) in [6.45, 7) is -0.258. The lowest BCUT2D eigenvalue weighted by atomic mass is 10.1. The molecule has 1 aromatic heterocycles. The second-order valence-corrected chi connectivity index (χ2v) is 6.14. The lowest BCUT2D eigenvalue weighted by molar-refractivity contribution is 0.100. The minimum Gasteiger partial charge on any atom is -0.366 e. The average molecular weight is 372 g/mol. The molecule has 1 heterocycles. The number of rotatable bonds is 3. The molecule has 4 rings (SSSR count). The van der Waals surface area contributed by atoms with E-state index in [0.717, 1.165) is 6.07 Å². The van der Waals surface area contributed by atoms with Crippen molar-refractivity contribution in [1.29, 1.82) is 0 Å². The van der Waals surface area contributed by atoms with Crippen molar-refractivity contribution in [1.82, 2.24) is 4.57 Å². The highest BCUT2D eigenvalue weighted by atomic mass is 19.2. The Morgan fingerprint density at radius 3 is 2.33 bits per heavy atom. The first-order valence-corrected chi connectivity index (χ1v) is 8.01. The number of primary amides is 1. The van der Waals surface area contributed by atoms with Gasteiger partial charge in [-0.3, -0.25) is 4.79 Å². The van der Waals surface area contributed by atoms with Crippen LogP contribution in [0, 0.1) is 23.3 Å². The van der Waals surface area contributed by atoms with Crippen LogP contribution in [0.15, 0.2) is 48.5 Å². The van der Waals surface area contributed by atoms with Crippen LogP contribution in [0.4, 0.5) is 17.6 Å². The first-order valence-electron chi connectivity index (χ1n) is 8.01. The largest absolute Gasteiger partial charge is 0.366 e. The molecular weight excluding hydrogens is 360 g/mol. The molecule has 136 valence electrons. The molecule has 4 aromatic rings. The molecule has 0 saturated carbocycles. The topological polar surface area (TPSA) is 48.0 Å². The van der Waals surface area contributed by atoms with Gasteiger partial charge in [0.25, 0.3) is 0 Å². The molecule has 27 heavy (non-hydrogen) atoms. The number of hydrogen-bond acceptors (Lipinski definition) is 1. The molecule has 3 aromatic carbocycles. The summed E-state index contributed by atoms with van der Waals surface area (Å²) in [5.41, 5.74) is 6.02. The van der Waals surface area contributed by atoms with Gasteiger partial charge in [0.1, 0.15) is 11.6 Å². The molecule has 0 fully saturated rings. The van der Waals surface area contributed by atoms with E-state index >= 15 is 0 Å². The Morgan fingerprint density at radius 2 is 1.59 bits per heavy atom. The highest BCUT2D eigenvalue weighted by Crippen LogP contribution is 2.34. The van der Waals surface area contributed by atoms with Crippen molar-refractivity contribution in [2.24, 2.45) is 5.73 Å². The van der Waals surface area contributed by atoms with Crippen molar-refractivity contribution in [3.63, 3.8) is 0 Å². The van der Waals surface area contributed by atoms with Crippen molar-refractivity contribution < 1.29 is 22.4 Å². The fourth-order valence-corrected chi connectivity index (χ4v) is 3.38. The third kappa shape index (κ3) is 2.63. The van der Waals surface area contributed by atoms with Crippen molar-refractivity contribution in [3.05, 3.63) is 82.9 Å². The van der Waals surface area contributed by atoms with Crippen LogP contribution in [0.3, 0.4) is 0 Å². The number of fused-ring (bicyclic) bond motifs is 3. The van der Waals surface area contributed by atoms with E-state index in [-0.39, 0.29) is 23.2 Å². The Morgan fingerprint density at radius 1 is 0.889 bits per heavy atom. The predicted molar refractivity (Wildman–Crippen MR) is 93.3 cm³/mol. The van der Waals surface area contributed by atoms with E-state index in [1.807, 2.05) is 0 Å². The van der Waals surface area contributed by atoms with Crippen LogP contribution >= 0.6 is 0 Å². The van der Waals surface area contributed by atoms with E-state index in [0.29, 0.717) is 22.4 Å². The minimum absolute atomic E-state index is 0.116. The van der Waals surface area contributed by atoms with E-state index in [1.165, 1.54) is 22.8 Å². The van der Waals surface area contributed by atoms with Crippen LogP contribution in [-0.2, 0) is 6.54 Å². The molecule has 7 heteroatoms. The third-order valence-electron chi connectivity index (χ3n) is 4.54. The van der Waals surface area contributed by atoms with E-state index in [2.05, 4.69) is 0 Å². The summed E-state index contributed by atoms with van der Waals surface area (Å²) >= 11 is 0. The number of aromatic nitrogens is 1. The summed E-state index contributed by atoms with van der Waals surface area (Å²) in [6, 6.07) is 10.2. The van der Waals surface area contributed by atoms with Crippen LogP contribution < -0.4 is 5.73 Å². The number of nitrogens with zero attached hydrogens (tertiary/aromatic N) is 1. The molecule has 0 aliphatic rings. The van der Waals surface area contributed by atoms with Gasteiger partial charge < -0.3 is 10.3 Å². The van der Waals surface area contributed by atoms with E-state index in [4.69, 9.17) is 5.73 Å². The average Bonchev–Trinajstić information content (AvgIpc) is 2.95. The van der Waals surface area contributed by atoms with Crippen LogP contribution in [0.25, 0.3) is 21.8 Å². The summed E-state index contributed by atoms with van der Waals surface area (Å²) in [5.74, 6) is -4.75. The van der Waals surface area contributed by atoms with Gasteiger partial charge in [0.2, 0.25) is 5.91 Å². The van der Waals surface area contributed by atoms with Gasteiger partial charge in [0.05, 0.1) is 17.6 Å². The number of hydrogen-bond donors (Lipinski definition) is 1. The number of para-hydroxylation sites is 1. The Bertz CT molecular complexity index is 1230. The Labute approximate surface area is 150 Å². The van der Waals surface area contributed by atoms with Gasteiger partial charge in [-0.25, -0.2) is 17.6 Å². The fourth-order valence-electron chi connectivity index (χ4n) is 3.38. The SMILES string of the molecule is NC(=O)c1cccc2c1c1cccc(F)c1n2Cc1cc(F)c(F)cc1F. The third-order valence-corrected chi connectivity index (χ3v) is 4.54. The summed E-state index contributed by atoms with van der Waals surface area (Å²) < 4.78 is 57.0. The molecule has 0 atom stereocenters.